The SMILES string of the molecule is CN(Cc1ccc(C(=O)O)cc1Br)c1cccc(C#N)c1. The first-order valence-electron chi connectivity index (χ1n) is 6.24. The van der Waals surface area contributed by atoms with E-state index in [1.54, 1.807) is 24.3 Å². The summed E-state index contributed by atoms with van der Waals surface area (Å²) in [5.41, 5.74) is 2.77. The van der Waals surface area contributed by atoms with Crippen LogP contribution in [0.4, 0.5) is 5.69 Å². The molecule has 0 aliphatic heterocycles. The van der Waals surface area contributed by atoms with Crippen LogP contribution in [0.3, 0.4) is 0 Å². The third-order valence-electron chi connectivity index (χ3n) is 3.12. The summed E-state index contributed by atoms with van der Waals surface area (Å²) >= 11 is 3.40. The predicted octanol–water partition coefficient (Wildman–Crippen LogP) is 3.66. The molecule has 0 aromatic heterocycles. The quantitative estimate of drug-likeness (QED) is 0.919. The third kappa shape index (κ3) is 3.61. The van der Waals surface area contributed by atoms with Gasteiger partial charge < -0.3 is 10.0 Å². The van der Waals surface area contributed by atoms with Gasteiger partial charge in [-0.1, -0.05) is 28.1 Å². The maximum absolute atomic E-state index is 10.9. The van der Waals surface area contributed by atoms with Gasteiger partial charge in [-0.05, 0) is 35.9 Å². The number of aromatic carboxylic acids is 1. The Morgan fingerprint density at radius 2 is 2.10 bits per heavy atom. The van der Waals surface area contributed by atoms with Crippen LogP contribution in [0, 0.1) is 11.3 Å². The number of hydrogen-bond donors (Lipinski definition) is 1. The highest BCUT2D eigenvalue weighted by molar-refractivity contribution is 9.10. The summed E-state index contributed by atoms with van der Waals surface area (Å²) in [7, 11) is 1.92. The average molecular weight is 345 g/mol. The Morgan fingerprint density at radius 1 is 1.33 bits per heavy atom. The molecule has 0 fully saturated rings. The van der Waals surface area contributed by atoms with Crippen LogP contribution < -0.4 is 4.90 Å². The molecule has 0 amide bonds. The molecule has 0 saturated heterocycles. The number of anilines is 1. The number of halogens is 1. The molecule has 0 spiro atoms. The fourth-order valence-corrected chi connectivity index (χ4v) is 2.47. The number of nitriles is 1. The minimum absolute atomic E-state index is 0.250. The van der Waals surface area contributed by atoms with E-state index in [9.17, 15) is 4.79 Å². The molecular weight excluding hydrogens is 332 g/mol. The maximum Gasteiger partial charge on any atom is 0.335 e. The van der Waals surface area contributed by atoms with Gasteiger partial charge in [-0.3, -0.25) is 0 Å². The smallest absolute Gasteiger partial charge is 0.335 e. The van der Waals surface area contributed by atoms with E-state index < -0.39 is 5.97 Å². The number of hydrogen-bond acceptors (Lipinski definition) is 3. The molecule has 21 heavy (non-hydrogen) atoms. The van der Waals surface area contributed by atoms with Crippen molar-refractivity contribution in [3.63, 3.8) is 0 Å². The van der Waals surface area contributed by atoms with E-state index in [1.807, 2.05) is 30.1 Å². The number of nitrogens with zero attached hydrogens (tertiary/aromatic N) is 2. The number of benzene rings is 2. The van der Waals surface area contributed by atoms with Crippen LogP contribution >= 0.6 is 15.9 Å². The highest BCUT2D eigenvalue weighted by Crippen LogP contribution is 2.23. The van der Waals surface area contributed by atoms with Crippen LogP contribution in [0.15, 0.2) is 46.9 Å². The molecular formula is C16H13BrN2O2. The monoisotopic (exact) mass is 344 g/mol. The molecule has 2 aromatic carbocycles. The van der Waals surface area contributed by atoms with E-state index in [2.05, 4.69) is 22.0 Å². The molecule has 0 unspecified atom stereocenters. The van der Waals surface area contributed by atoms with Crippen molar-refractivity contribution < 1.29 is 9.90 Å². The lowest BCUT2D eigenvalue weighted by molar-refractivity contribution is 0.0697. The molecule has 4 nitrogen and oxygen atoms in total. The first kappa shape index (κ1) is 15.1. The van der Waals surface area contributed by atoms with Crippen molar-refractivity contribution in [1.82, 2.24) is 0 Å². The Kier molecular flexibility index (Phi) is 4.61. The van der Waals surface area contributed by atoms with E-state index in [0.717, 1.165) is 15.7 Å². The second-order valence-corrected chi connectivity index (χ2v) is 5.48. The first-order valence-corrected chi connectivity index (χ1v) is 7.03. The third-order valence-corrected chi connectivity index (χ3v) is 3.86. The van der Waals surface area contributed by atoms with Crippen molar-refractivity contribution >= 4 is 27.6 Å². The minimum Gasteiger partial charge on any atom is -0.478 e. The summed E-state index contributed by atoms with van der Waals surface area (Å²) < 4.78 is 0.755. The van der Waals surface area contributed by atoms with Crippen molar-refractivity contribution in [2.45, 2.75) is 6.54 Å². The minimum atomic E-state index is -0.947. The summed E-state index contributed by atoms with van der Waals surface area (Å²) in [5, 5.41) is 17.9. The van der Waals surface area contributed by atoms with Crippen molar-refractivity contribution in [3.8, 4) is 6.07 Å². The van der Waals surface area contributed by atoms with Gasteiger partial charge >= 0.3 is 5.97 Å². The van der Waals surface area contributed by atoms with Gasteiger partial charge in [0.05, 0.1) is 17.2 Å². The summed E-state index contributed by atoms with van der Waals surface area (Å²) in [6, 6.07) is 14.4. The van der Waals surface area contributed by atoms with Crippen molar-refractivity contribution in [1.29, 1.82) is 5.26 Å². The topological polar surface area (TPSA) is 64.3 Å². The van der Waals surface area contributed by atoms with Crippen LogP contribution in [0.5, 0.6) is 0 Å². The van der Waals surface area contributed by atoms with Crippen LogP contribution in [-0.2, 0) is 6.54 Å². The number of carboxylic acid groups (broad SMARTS) is 1. The molecule has 0 bridgehead atoms. The second kappa shape index (κ2) is 6.42. The fraction of sp³-hybridized carbons (Fsp3) is 0.125. The van der Waals surface area contributed by atoms with E-state index in [-0.39, 0.29) is 5.56 Å². The van der Waals surface area contributed by atoms with E-state index in [0.29, 0.717) is 12.1 Å². The van der Waals surface area contributed by atoms with Crippen molar-refractivity contribution in [3.05, 3.63) is 63.6 Å². The molecule has 0 atom stereocenters. The molecule has 0 aliphatic carbocycles. The van der Waals surface area contributed by atoms with Gasteiger partial charge in [-0.2, -0.15) is 5.26 Å². The lowest BCUT2D eigenvalue weighted by atomic mass is 10.1. The Hall–Kier alpha value is -2.32. The molecule has 106 valence electrons. The number of rotatable bonds is 4. The molecule has 0 saturated carbocycles. The average Bonchev–Trinajstić information content (AvgIpc) is 2.49. The van der Waals surface area contributed by atoms with Crippen LogP contribution in [0.1, 0.15) is 21.5 Å². The summed E-state index contributed by atoms with van der Waals surface area (Å²) in [4.78, 5) is 12.9. The van der Waals surface area contributed by atoms with Gasteiger partial charge in [0.25, 0.3) is 0 Å². The van der Waals surface area contributed by atoms with Gasteiger partial charge in [-0.25, -0.2) is 4.79 Å². The Morgan fingerprint density at radius 3 is 2.71 bits per heavy atom. The van der Waals surface area contributed by atoms with Crippen LogP contribution in [0.25, 0.3) is 0 Å². The highest BCUT2D eigenvalue weighted by atomic mass is 79.9. The lowest BCUT2D eigenvalue weighted by Crippen LogP contribution is -2.17. The Labute approximate surface area is 131 Å². The predicted molar refractivity (Wildman–Crippen MR) is 84.4 cm³/mol. The molecule has 0 heterocycles. The van der Waals surface area contributed by atoms with Crippen molar-refractivity contribution in [2.24, 2.45) is 0 Å². The van der Waals surface area contributed by atoms with Gasteiger partial charge in [0, 0.05) is 23.8 Å². The highest BCUT2D eigenvalue weighted by Gasteiger charge is 2.09. The molecule has 5 heteroatoms. The zero-order valence-corrected chi connectivity index (χ0v) is 13.0. The molecule has 0 aliphatic rings. The molecule has 1 N–H and O–H groups in total. The summed E-state index contributed by atoms with van der Waals surface area (Å²) in [5.74, 6) is -0.947. The summed E-state index contributed by atoms with van der Waals surface area (Å²) in [6.07, 6.45) is 0. The number of carbonyl (C=O) groups is 1. The van der Waals surface area contributed by atoms with E-state index in [4.69, 9.17) is 10.4 Å². The number of carboxylic acids is 1. The molecule has 0 radical (unpaired) electrons. The van der Waals surface area contributed by atoms with Crippen LogP contribution in [0.2, 0.25) is 0 Å². The van der Waals surface area contributed by atoms with Gasteiger partial charge in [0.15, 0.2) is 0 Å². The Balaban J connectivity index is 2.21. The van der Waals surface area contributed by atoms with Gasteiger partial charge in [0.2, 0.25) is 0 Å². The van der Waals surface area contributed by atoms with Crippen LogP contribution in [-0.4, -0.2) is 18.1 Å². The summed E-state index contributed by atoms with van der Waals surface area (Å²) in [6.45, 7) is 0.607. The van der Waals surface area contributed by atoms with Crippen molar-refractivity contribution in [2.75, 3.05) is 11.9 Å². The first-order chi connectivity index (χ1) is 10.0. The van der Waals surface area contributed by atoms with E-state index in [1.165, 1.54) is 0 Å². The zero-order chi connectivity index (χ0) is 15.4. The fourth-order valence-electron chi connectivity index (χ4n) is 1.97. The standard InChI is InChI=1S/C16H13BrN2O2/c1-19(14-4-2-3-11(7-14)9-18)10-13-6-5-12(16(20)21)8-15(13)17/h2-8H,10H2,1H3,(H,20,21). The normalized spacial score (nSPS) is 9.95. The lowest BCUT2D eigenvalue weighted by Gasteiger charge is -2.20. The largest absolute Gasteiger partial charge is 0.478 e. The maximum atomic E-state index is 10.9. The Bertz CT molecular complexity index is 722. The second-order valence-electron chi connectivity index (χ2n) is 4.63. The van der Waals surface area contributed by atoms with Gasteiger partial charge in [-0.15, -0.1) is 0 Å². The van der Waals surface area contributed by atoms with Gasteiger partial charge in [0.1, 0.15) is 0 Å². The molecule has 2 rings (SSSR count). The van der Waals surface area contributed by atoms with E-state index >= 15 is 0 Å². The zero-order valence-electron chi connectivity index (χ0n) is 11.4. The molecule has 2 aromatic rings.